The molecule has 0 spiro atoms. The predicted molar refractivity (Wildman–Crippen MR) is 148 cm³/mol. The van der Waals surface area contributed by atoms with E-state index in [4.69, 9.17) is 8.83 Å². The highest BCUT2D eigenvalue weighted by atomic mass is 16.4. The normalized spacial score (nSPS) is 11.5. The predicted octanol–water partition coefficient (Wildman–Crippen LogP) is 5.21. The first kappa shape index (κ1) is 26.5. The molecule has 3 aromatic carbocycles. The van der Waals surface area contributed by atoms with E-state index in [0.717, 1.165) is 0 Å². The monoisotopic (exact) mass is 546 g/mol. The Morgan fingerprint density at radius 2 is 0.875 bits per heavy atom. The molecule has 2 heterocycles. The number of phenols is 6. The smallest absolute Gasteiger partial charge is 0.204 e. The Labute approximate surface area is 226 Å². The number of phenolic OH excluding ortho intramolecular Hbond substituents is 6. The van der Waals surface area contributed by atoms with Gasteiger partial charge in [0.1, 0.15) is 33.5 Å². The van der Waals surface area contributed by atoms with E-state index in [1.807, 2.05) is 0 Å². The molecule has 0 aliphatic rings. The van der Waals surface area contributed by atoms with Gasteiger partial charge in [-0.15, -0.1) is 0 Å². The molecule has 0 saturated heterocycles. The number of hydrogen-bond donors (Lipinski definition) is 6. The molecule has 0 amide bonds. The zero-order chi connectivity index (χ0) is 29.2. The molecule has 0 aliphatic carbocycles. The summed E-state index contributed by atoms with van der Waals surface area (Å²) in [5, 5.41) is 61.2. The molecule has 0 saturated carbocycles. The van der Waals surface area contributed by atoms with Gasteiger partial charge in [0, 0.05) is 11.1 Å². The van der Waals surface area contributed by atoms with E-state index in [9.17, 15) is 40.2 Å². The van der Waals surface area contributed by atoms with Crippen molar-refractivity contribution in [3.63, 3.8) is 0 Å². The van der Waals surface area contributed by atoms with Crippen molar-refractivity contribution in [3.05, 3.63) is 67.4 Å². The van der Waals surface area contributed by atoms with Crippen molar-refractivity contribution in [2.45, 2.75) is 40.5 Å². The van der Waals surface area contributed by atoms with Gasteiger partial charge in [0.2, 0.25) is 22.4 Å². The van der Waals surface area contributed by atoms with Crippen LogP contribution in [0.15, 0.2) is 42.7 Å². The zero-order valence-corrected chi connectivity index (χ0v) is 22.0. The van der Waals surface area contributed by atoms with Gasteiger partial charge in [0.25, 0.3) is 0 Å². The third kappa shape index (κ3) is 3.56. The Morgan fingerprint density at radius 1 is 0.550 bits per heavy atom. The maximum Gasteiger partial charge on any atom is 0.204 e. The van der Waals surface area contributed by atoms with Gasteiger partial charge >= 0.3 is 0 Å². The maximum atomic E-state index is 13.5. The summed E-state index contributed by atoms with van der Waals surface area (Å²) < 4.78 is 11.7. The van der Waals surface area contributed by atoms with Crippen LogP contribution in [0.5, 0.6) is 34.5 Å². The molecule has 0 unspecified atom stereocenters. The van der Waals surface area contributed by atoms with Crippen molar-refractivity contribution in [1.29, 1.82) is 0 Å². The molecular weight excluding hydrogens is 520 g/mol. The first-order valence-electron chi connectivity index (χ1n) is 12.5. The van der Waals surface area contributed by atoms with Crippen molar-refractivity contribution in [3.8, 4) is 56.8 Å². The van der Waals surface area contributed by atoms with Crippen LogP contribution in [0.4, 0.5) is 0 Å². The van der Waals surface area contributed by atoms with Gasteiger partial charge in [-0.25, -0.2) is 0 Å². The molecule has 0 bridgehead atoms. The molecule has 5 rings (SSSR count). The number of aromatic hydroxyl groups is 6. The lowest BCUT2D eigenvalue weighted by atomic mass is 9.95. The van der Waals surface area contributed by atoms with Crippen molar-refractivity contribution >= 4 is 21.9 Å². The van der Waals surface area contributed by atoms with E-state index in [2.05, 4.69) is 0 Å². The second kappa shape index (κ2) is 9.26. The number of fused-ring (bicyclic) bond motifs is 2. The van der Waals surface area contributed by atoms with Crippen molar-refractivity contribution < 1.29 is 39.5 Å². The van der Waals surface area contributed by atoms with E-state index >= 15 is 0 Å². The highest BCUT2D eigenvalue weighted by Gasteiger charge is 2.26. The molecule has 0 aliphatic heterocycles. The Bertz CT molecular complexity index is 1830. The van der Waals surface area contributed by atoms with E-state index in [0.29, 0.717) is 11.1 Å². The van der Waals surface area contributed by atoms with Crippen LogP contribution in [-0.4, -0.2) is 30.6 Å². The molecule has 2 aromatic heterocycles. The van der Waals surface area contributed by atoms with Crippen molar-refractivity contribution in [2.75, 3.05) is 0 Å². The van der Waals surface area contributed by atoms with E-state index < -0.39 is 45.4 Å². The second-order valence-corrected chi connectivity index (χ2v) is 9.47. The summed E-state index contributed by atoms with van der Waals surface area (Å²) in [6.07, 6.45) is 0.458. The lowest BCUT2D eigenvalue weighted by molar-refractivity contribution is 0.366. The summed E-state index contributed by atoms with van der Waals surface area (Å²) in [5.74, 6) is -3.91. The van der Waals surface area contributed by atoms with Crippen LogP contribution in [-0.2, 0) is 12.8 Å². The third-order valence-electron chi connectivity index (χ3n) is 7.24. The van der Waals surface area contributed by atoms with Gasteiger partial charge in [0.05, 0.1) is 11.1 Å². The minimum atomic E-state index is -0.811. The van der Waals surface area contributed by atoms with Gasteiger partial charge in [-0.2, -0.15) is 0 Å². The fraction of sp³-hybridized carbons (Fsp3) is 0.200. The summed E-state index contributed by atoms with van der Waals surface area (Å²) >= 11 is 0. The lowest BCUT2D eigenvalue weighted by Crippen LogP contribution is -2.10. The molecular formula is C30H26O10. The highest BCUT2D eigenvalue weighted by Crippen LogP contribution is 2.46. The second-order valence-electron chi connectivity index (χ2n) is 9.47. The minimum absolute atomic E-state index is 0.0249. The molecule has 10 nitrogen and oxygen atoms in total. The molecule has 0 fully saturated rings. The molecule has 0 atom stereocenters. The van der Waals surface area contributed by atoms with Crippen LogP contribution in [0.1, 0.15) is 36.5 Å². The quantitative estimate of drug-likeness (QED) is 0.164. The van der Waals surface area contributed by atoms with Gasteiger partial charge in [-0.05, 0) is 37.8 Å². The standard InChI is InChI=1S/C30H26O10/c1-5-15-21(31)27(37)25(35)19-23(33)17(11(3)39-29(15)19)13-7-9-14(10-8-13)18-12(4)40-30-16(6-2)22(32)28(38)26(36)20(30)24(18)34/h7-10,31-32,35-38H,5-6H2,1-4H3. The molecule has 40 heavy (non-hydrogen) atoms. The first-order chi connectivity index (χ1) is 18.9. The molecule has 5 aromatic rings. The lowest BCUT2D eigenvalue weighted by Gasteiger charge is -2.14. The average Bonchev–Trinajstić information content (AvgIpc) is 2.91. The van der Waals surface area contributed by atoms with Crippen LogP contribution >= 0.6 is 0 Å². The minimum Gasteiger partial charge on any atom is -0.504 e. The SMILES string of the molecule is CCc1c(O)c(O)c(O)c2c(=O)c(-c3ccc(-c4c(C)oc5c(CC)c(O)c(O)c(O)c5c4=O)cc3)c(C)oc12. The van der Waals surface area contributed by atoms with E-state index in [1.54, 1.807) is 52.0 Å². The maximum absolute atomic E-state index is 13.5. The number of rotatable bonds is 4. The Kier molecular flexibility index (Phi) is 6.13. The number of hydrogen-bond acceptors (Lipinski definition) is 10. The molecule has 0 radical (unpaired) electrons. The summed E-state index contributed by atoms with van der Waals surface area (Å²) in [6.45, 7) is 6.52. The van der Waals surface area contributed by atoms with Gasteiger partial charge in [-0.3, -0.25) is 9.59 Å². The number of benzene rings is 3. The summed E-state index contributed by atoms with van der Waals surface area (Å²) in [4.78, 5) is 27.0. The summed E-state index contributed by atoms with van der Waals surface area (Å²) in [7, 11) is 0. The van der Waals surface area contributed by atoms with Gasteiger partial charge < -0.3 is 39.5 Å². The van der Waals surface area contributed by atoms with Crippen LogP contribution < -0.4 is 10.9 Å². The highest BCUT2D eigenvalue weighted by molar-refractivity contribution is 5.96. The van der Waals surface area contributed by atoms with Crippen LogP contribution in [0.25, 0.3) is 44.2 Å². The Morgan fingerprint density at radius 3 is 1.18 bits per heavy atom. The Balaban J connectivity index is 1.72. The molecule has 10 heteroatoms. The molecule has 6 N–H and O–H groups in total. The average molecular weight is 547 g/mol. The zero-order valence-electron chi connectivity index (χ0n) is 22.0. The Hall–Kier alpha value is -5.12. The van der Waals surface area contributed by atoms with Gasteiger partial charge in [0.15, 0.2) is 23.0 Å². The first-order valence-corrected chi connectivity index (χ1v) is 12.5. The third-order valence-corrected chi connectivity index (χ3v) is 7.24. The van der Waals surface area contributed by atoms with E-state index in [1.165, 1.54) is 0 Å². The van der Waals surface area contributed by atoms with Crippen molar-refractivity contribution in [2.24, 2.45) is 0 Å². The summed E-state index contributed by atoms with van der Waals surface area (Å²) in [6, 6.07) is 6.25. The van der Waals surface area contributed by atoms with Crippen LogP contribution in [0.3, 0.4) is 0 Å². The van der Waals surface area contributed by atoms with Crippen molar-refractivity contribution in [1.82, 2.24) is 0 Å². The van der Waals surface area contributed by atoms with E-state index in [-0.39, 0.29) is 68.6 Å². The topological polar surface area (TPSA) is 182 Å². The van der Waals surface area contributed by atoms with Crippen LogP contribution in [0.2, 0.25) is 0 Å². The fourth-order valence-electron chi connectivity index (χ4n) is 5.23. The molecule has 206 valence electrons. The van der Waals surface area contributed by atoms with Gasteiger partial charge in [-0.1, -0.05) is 38.1 Å². The van der Waals surface area contributed by atoms with Crippen LogP contribution in [0, 0.1) is 13.8 Å². The fourth-order valence-corrected chi connectivity index (χ4v) is 5.23. The summed E-state index contributed by atoms with van der Waals surface area (Å²) in [5.41, 5.74) is 0.0618. The number of aryl methyl sites for hydroxylation is 4. The largest absolute Gasteiger partial charge is 0.504 e.